The molecule has 0 aliphatic carbocycles. The van der Waals surface area contributed by atoms with Gasteiger partial charge in [0.25, 0.3) is 0 Å². The second kappa shape index (κ2) is 7.77. The lowest BCUT2D eigenvalue weighted by molar-refractivity contribution is -0.133. The van der Waals surface area contributed by atoms with Crippen molar-refractivity contribution in [2.24, 2.45) is 0 Å². The second-order valence-electron chi connectivity index (χ2n) is 6.09. The van der Waals surface area contributed by atoms with Crippen LogP contribution >= 0.6 is 0 Å². The summed E-state index contributed by atoms with van der Waals surface area (Å²) in [5.74, 6) is 0.146. The maximum atomic E-state index is 12.1. The molecule has 1 aromatic carbocycles. The Morgan fingerprint density at radius 1 is 1.29 bits per heavy atom. The molecule has 0 unspecified atom stereocenters. The molecule has 1 aliphatic rings. The van der Waals surface area contributed by atoms with Gasteiger partial charge in [-0.2, -0.15) is 0 Å². The highest BCUT2D eigenvalue weighted by molar-refractivity contribution is 5.86. The minimum Gasteiger partial charge on any atom is -0.354 e. The topological polar surface area (TPSA) is 67.2 Å². The number of nitrogens with one attached hydrogen (secondary N) is 1. The van der Waals surface area contributed by atoms with Crippen LogP contribution in [0.25, 0.3) is 0 Å². The van der Waals surface area contributed by atoms with Gasteiger partial charge in [0.15, 0.2) is 0 Å². The van der Waals surface area contributed by atoms with Crippen molar-refractivity contribution < 1.29 is 9.59 Å². The van der Waals surface area contributed by atoms with Gasteiger partial charge in [-0.05, 0) is 12.0 Å². The molecular formula is C18H22N4O2. The molecule has 1 saturated heterocycles. The number of aromatic nitrogens is 2. The van der Waals surface area contributed by atoms with E-state index in [1.54, 1.807) is 17.4 Å². The highest BCUT2D eigenvalue weighted by atomic mass is 16.2. The summed E-state index contributed by atoms with van der Waals surface area (Å²) in [5, 5.41) is 2.88. The van der Waals surface area contributed by atoms with Gasteiger partial charge in [0, 0.05) is 44.4 Å². The molecule has 1 aromatic heterocycles. The number of benzene rings is 1. The quantitative estimate of drug-likeness (QED) is 0.782. The van der Waals surface area contributed by atoms with Crippen LogP contribution in [0.5, 0.6) is 0 Å². The first kappa shape index (κ1) is 16.2. The van der Waals surface area contributed by atoms with Crippen LogP contribution in [0, 0.1) is 0 Å². The van der Waals surface area contributed by atoms with E-state index in [1.807, 2.05) is 41.1 Å². The van der Waals surface area contributed by atoms with Gasteiger partial charge in [0.2, 0.25) is 11.8 Å². The smallest absolute Gasteiger partial charge is 0.239 e. The van der Waals surface area contributed by atoms with Gasteiger partial charge in [-0.1, -0.05) is 30.3 Å². The average molecular weight is 326 g/mol. The molecule has 1 fully saturated rings. The second-order valence-corrected chi connectivity index (χ2v) is 6.09. The van der Waals surface area contributed by atoms with Gasteiger partial charge in [0.05, 0.1) is 12.9 Å². The van der Waals surface area contributed by atoms with Crippen LogP contribution in [0.3, 0.4) is 0 Å². The van der Waals surface area contributed by atoms with Crippen molar-refractivity contribution in [3.63, 3.8) is 0 Å². The maximum absolute atomic E-state index is 12.1. The van der Waals surface area contributed by atoms with Crippen LogP contribution in [0.4, 0.5) is 0 Å². The third kappa shape index (κ3) is 4.22. The Kier molecular flexibility index (Phi) is 5.25. The molecule has 24 heavy (non-hydrogen) atoms. The van der Waals surface area contributed by atoms with Crippen molar-refractivity contribution in [3.8, 4) is 0 Å². The molecule has 1 aliphatic heterocycles. The van der Waals surface area contributed by atoms with Crippen molar-refractivity contribution in [3.05, 3.63) is 54.6 Å². The molecule has 1 atom stereocenters. The SMILES string of the molecule is O=C(CN1C[C@@H](c2ccccc2)CC1=O)NCCCn1ccnc1. The van der Waals surface area contributed by atoms with Gasteiger partial charge < -0.3 is 14.8 Å². The molecule has 6 nitrogen and oxygen atoms in total. The number of amides is 2. The minimum atomic E-state index is -0.0947. The number of carbonyl (C=O) groups excluding carboxylic acids is 2. The van der Waals surface area contributed by atoms with Crippen LogP contribution in [-0.4, -0.2) is 45.9 Å². The molecular weight excluding hydrogens is 304 g/mol. The Morgan fingerprint density at radius 3 is 2.88 bits per heavy atom. The van der Waals surface area contributed by atoms with Crippen molar-refractivity contribution in [1.82, 2.24) is 19.8 Å². The number of aryl methyl sites for hydroxylation is 1. The summed E-state index contributed by atoms with van der Waals surface area (Å²) in [5.41, 5.74) is 1.16. The molecule has 2 amide bonds. The fourth-order valence-corrected chi connectivity index (χ4v) is 3.01. The van der Waals surface area contributed by atoms with Gasteiger partial charge >= 0.3 is 0 Å². The van der Waals surface area contributed by atoms with E-state index < -0.39 is 0 Å². The normalized spacial score (nSPS) is 17.2. The molecule has 3 rings (SSSR count). The number of rotatable bonds is 7. The largest absolute Gasteiger partial charge is 0.354 e. The molecule has 1 N–H and O–H groups in total. The summed E-state index contributed by atoms with van der Waals surface area (Å²) in [6.45, 7) is 2.18. The van der Waals surface area contributed by atoms with Crippen molar-refractivity contribution in [2.75, 3.05) is 19.6 Å². The highest BCUT2D eigenvalue weighted by Gasteiger charge is 2.31. The van der Waals surface area contributed by atoms with Crippen LogP contribution in [-0.2, 0) is 16.1 Å². The third-order valence-corrected chi connectivity index (χ3v) is 4.29. The number of likely N-dealkylation sites (tertiary alicyclic amines) is 1. The zero-order valence-electron chi connectivity index (χ0n) is 13.6. The number of imidazole rings is 1. The molecule has 0 spiro atoms. The van der Waals surface area contributed by atoms with Gasteiger partial charge in [-0.3, -0.25) is 9.59 Å². The summed E-state index contributed by atoms with van der Waals surface area (Å²) < 4.78 is 1.97. The summed E-state index contributed by atoms with van der Waals surface area (Å²) in [6.07, 6.45) is 6.71. The predicted octanol–water partition coefficient (Wildman–Crippen LogP) is 1.41. The zero-order chi connectivity index (χ0) is 16.8. The Bertz CT molecular complexity index is 670. The zero-order valence-corrected chi connectivity index (χ0v) is 13.6. The van der Waals surface area contributed by atoms with E-state index in [2.05, 4.69) is 10.3 Å². The van der Waals surface area contributed by atoms with Crippen molar-refractivity contribution in [1.29, 1.82) is 0 Å². The van der Waals surface area contributed by atoms with Crippen molar-refractivity contribution >= 4 is 11.8 Å². The molecule has 0 saturated carbocycles. The van der Waals surface area contributed by atoms with Gasteiger partial charge in [-0.25, -0.2) is 4.98 Å². The van der Waals surface area contributed by atoms with Gasteiger partial charge in [-0.15, -0.1) is 0 Å². The first-order chi connectivity index (χ1) is 11.7. The molecule has 0 bridgehead atoms. The van der Waals surface area contributed by atoms with E-state index in [4.69, 9.17) is 0 Å². The first-order valence-corrected chi connectivity index (χ1v) is 8.27. The fraction of sp³-hybridized carbons (Fsp3) is 0.389. The highest BCUT2D eigenvalue weighted by Crippen LogP contribution is 2.27. The lowest BCUT2D eigenvalue weighted by atomic mass is 9.99. The Balaban J connectivity index is 1.40. The fourth-order valence-electron chi connectivity index (χ4n) is 3.01. The number of hydrogen-bond acceptors (Lipinski definition) is 3. The van der Waals surface area contributed by atoms with E-state index in [-0.39, 0.29) is 24.3 Å². The number of hydrogen-bond donors (Lipinski definition) is 1. The Labute approximate surface area is 141 Å². The molecule has 2 heterocycles. The van der Waals surface area contributed by atoms with Crippen LogP contribution < -0.4 is 5.32 Å². The summed E-state index contributed by atoms with van der Waals surface area (Å²) in [7, 11) is 0. The molecule has 2 aromatic rings. The average Bonchev–Trinajstić information content (AvgIpc) is 3.23. The third-order valence-electron chi connectivity index (χ3n) is 4.29. The van der Waals surface area contributed by atoms with E-state index in [1.165, 1.54) is 0 Å². The predicted molar refractivity (Wildman–Crippen MR) is 90.2 cm³/mol. The molecule has 6 heteroatoms. The standard InChI is InChI=1S/C18H22N4O2/c23-17(20-7-4-9-21-10-8-19-14-21)13-22-12-16(11-18(22)24)15-5-2-1-3-6-15/h1-3,5-6,8,10,14,16H,4,7,9,11-13H2,(H,20,23)/t16-/m0/s1. The Hall–Kier alpha value is -2.63. The van der Waals surface area contributed by atoms with Crippen LogP contribution in [0.15, 0.2) is 49.1 Å². The lowest BCUT2D eigenvalue weighted by Gasteiger charge is -2.16. The first-order valence-electron chi connectivity index (χ1n) is 8.27. The maximum Gasteiger partial charge on any atom is 0.239 e. The number of carbonyl (C=O) groups is 2. The van der Waals surface area contributed by atoms with E-state index in [9.17, 15) is 9.59 Å². The van der Waals surface area contributed by atoms with E-state index in [0.29, 0.717) is 19.5 Å². The Morgan fingerprint density at radius 2 is 2.12 bits per heavy atom. The minimum absolute atomic E-state index is 0.0532. The van der Waals surface area contributed by atoms with Crippen LogP contribution in [0.1, 0.15) is 24.3 Å². The summed E-state index contributed by atoms with van der Waals surface area (Å²) in [6, 6.07) is 10.0. The molecule has 126 valence electrons. The van der Waals surface area contributed by atoms with Crippen LogP contribution in [0.2, 0.25) is 0 Å². The monoisotopic (exact) mass is 326 g/mol. The van der Waals surface area contributed by atoms with Crippen molar-refractivity contribution in [2.45, 2.75) is 25.3 Å². The lowest BCUT2D eigenvalue weighted by Crippen LogP contribution is -2.38. The summed E-state index contributed by atoms with van der Waals surface area (Å²) >= 11 is 0. The van der Waals surface area contributed by atoms with E-state index >= 15 is 0 Å². The molecule has 0 radical (unpaired) electrons. The summed E-state index contributed by atoms with van der Waals surface area (Å²) in [4.78, 5) is 29.8. The van der Waals surface area contributed by atoms with E-state index in [0.717, 1.165) is 18.5 Å². The van der Waals surface area contributed by atoms with Gasteiger partial charge in [0.1, 0.15) is 0 Å². The number of nitrogens with zero attached hydrogens (tertiary/aromatic N) is 3.